The van der Waals surface area contributed by atoms with Crippen LogP contribution in [0, 0.1) is 20.8 Å². The summed E-state index contributed by atoms with van der Waals surface area (Å²) in [6.07, 6.45) is 0. The van der Waals surface area contributed by atoms with Crippen molar-refractivity contribution in [2.45, 2.75) is 39.4 Å². The lowest BCUT2D eigenvalue weighted by atomic mass is 10.1. The van der Waals surface area contributed by atoms with Gasteiger partial charge in [0.05, 0.1) is 23.6 Å². The second-order valence-electron chi connectivity index (χ2n) is 7.82. The van der Waals surface area contributed by atoms with E-state index in [1.807, 2.05) is 57.2 Å². The van der Waals surface area contributed by atoms with Crippen LogP contribution in [0.5, 0.6) is 0 Å². The molecule has 2 aliphatic rings. The topological polar surface area (TPSA) is 57.7 Å². The molecule has 0 radical (unpaired) electrons. The Morgan fingerprint density at radius 2 is 1.48 bits per heavy atom. The molecule has 4 rings (SSSR count). The number of anilines is 1. The summed E-state index contributed by atoms with van der Waals surface area (Å²) < 4.78 is 24.7. The summed E-state index contributed by atoms with van der Waals surface area (Å²) in [6.45, 7) is 6.43. The predicted molar refractivity (Wildman–Crippen MR) is 107 cm³/mol. The van der Waals surface area contributed by atoms with E-state index >= 15 is 0 Å². The van der Waals surface area contributed by atoms with E-state index in [1.165, 1.54) is 0 Å². The molecule has 0 bridgehead atoms. The average Bonchev–Trinajstić information content (AvgIpc) is 2.99. The van der Waals surface area contributed by atoms with Gasteiger partial charge in [0.2, 0.25) is 0 Å². The molecule has 2 saturated heterocycles. The van der Waals surface area contributed by atoms with Gasteiger partial charge in [0.25, 0.3) is 0 Å². The number of carbonyl (C=O) groups excluding carboxylic acids is 1. The Kier molecular flexibility index (Phi) is 4.26. The maximum Gasteiger partial charge on any atom is 0.325 e. The molecule has 2 amide bonds. The Morgan fingerprint density at radius 1 is 0.889 bits per heavy atom. The van der Waals surface area contributed by atoms with Gasteiger partial charge >= 0.3 is 6.03 Å². The van der Waals surface area contributed by atoms with Gasteiger partial charge in [0.1, 0.15) is 0 Å². The Labute approximate surface area is 160 Å². The van der Waals surface area contributed by atoms with E-state index in [4.69, 9.17) is 0 Å². The van der Waals surface area contributed by atoms with Crippen LogP contribution >= 0.6 is 0 Å². The number of aryl methyl sites for hydroxylation is 3. The predicted octanol–water partition coefficient (Wildman–Crippen LogP) is 3.22. The molecular formula is C21H24N2O3S. The van der Waals surface area contributed by atoms with E-state index in [9.17, 15) is 13.2 Å². The molecule has 6 heteroatoms. The number of benzene rings is 2. The lowest BCUT2D eigenvalue weighted by Gasteiger charge is -2.23. The third kappa shape index (κ3) is 3.34. The first-order valence-electron chi connectivity index (χ1n) is 9.18. The van der Waals surface area contributed by atoms with Gasteiger partial charge in [-0.25, -0.2) is 13.2 Å². The number of carbonyl (C=O) groups is 1. The molecule has 0 spiro atoms. The van der Waals surface area contributed by atoms with E-state index in [-0.39, 0.29) is 29.6 Å². The molecule has 5 nitrogen and oxygen atoms in total. The van der Waals surface area contributed by atoms with Gasteiger partial charge in [-0.2, -0.15) is 0 Å². The van der Waals surface area contributed by atoms with Crippen LogP contribution < -0.4 is 4.90 Å². The fraction of sp³-hybridized carbons (Fsp3) is 0.381. The van der Waals surface area contributed by atoms with Crippen LogP contribution in [0.3, 0.4) is 0 Å². The van der Waals surface area contributed by atoms with Gasteiger partial charge < -0.3 is 4.90 Å². The Balaban J connectivity index is 1.72. The van der Waals surface area contributed by atoms with Crippen LogP contribution in [0.1, 0.15) is 22.3 Å². The summed E-state index contributed by atoms with van der Waals surface area (Å²) in [6, 6.07) is 13.3. The number of hydrogen-bond acceptors (Lipinski definition) is 3. The van der Waals surface area contributed by atoms with Gasteiger partial charge in [-0.05, 0) is 49.6 Å². The Bertz CT molecular complexity index is 978. The van der Waals surface area contributed by atoms with Crippen LogP contribution in [0.2, 0.25) is 0 Å². The smallest absolute Gasteiger partial charge is 0.314 e. The van der Waals surface area contributed by atoms with Gasteiger partial charge in [-0.15, -0.1) is 0 Å². The van der Waals surface area contributed by atoms with Crippen molar-refractivity contribution in [3.8, 4) is 0 Å². The second-order valence-corrected chi connectivity index (χ2v) is 9.98. The van der Waals surface area contributed by atoms with Crippen LogP contribution in [0.25, 0.3) is 0 Å². The molecule has 2 aromatic carbocycles. The normalized spacial score (nSPS) is 23.7. The van der Waals surface area contributed by atoms with Crippen LogP contribution in [-0.2, 0) is 16.4 Å². The number of sulfone groups is 1. The minimum absolute atomic E-state index is 0.0286. The van der Waals surface area contributed by atoms with Crippen LogP contribution in [-0.4, -0.2) is 42.9 Å². The minimum Gasteiger partial charge on any atom is -0.314 e. The average molecular weight is 385 g/mol. The van der Waals surface area contributed by atoms with E-state index in [0.717, 1.165) is 27.9 Å². The van der Waals surface area contributed by atoms with E-state index in [2.05, 4.69) is 6.07 Å². The van der Waals surface area contributed by atoms with Crippen molar-refractivity contribution in [2.24, 2.45) is 0 Å². The molecule has 2 heterocycles. The summed E-state index contributed by atoms with van der Waals surface area (Å²) >= 11 is 0. The first kappa shape index (κ1) is 18.0. The van der Waals surface area contributed by atoms with Gasteiger partial charge in [-0.1, -0.05) is 35.9 Å². The second kappa shape index (κ2) is 6.37. The Hall–Kier alpha value is -2.34. The van der Waals surface area contributed by atoms with Crippen molar-refractivity contribution in [1.29, 1.82) is 0 Å². The minimum atomic E-state index is -3.16. The summed E-state index contributed by atoms with van der Waals surface area (Å²) in [5.41, 5.74) is 5.08. The molecule has 0 N–H and O–H groups in total. The van der Waals surface area contributed by atoms with Crippen LogP contribution in [0.15, 0.2) is 42.5 Å². The molecule has 0 saturated carbocycles. The highest BCUT2D eigenvalue weighted by molar-refractivity contribution is 7.91. The van der Waals surface area contributed by atoms with E-state index < -0.39 is 9.84 Å². The number of hydrogen-bond donors (Lipinski definition) is 0. The molecule has 2 fully saturated rings. The molecule has 142 valence electrons. The van der Waals surface area contributed by atoms with Gasteiger partial charge in [-0.3, -0.25) is 4.90 Å². The SMILES string of the molecule is Cc1ccc(CN2C(=O)N(c3cc(C)cc(C)c3)C3CS(=O)(=O)CC32)cc1. The van der Waals surface area contributed by atoms with Gasteiger partial charge in [0.15, 0.2) is 9.84 Å². The number of nitrogens with zero attached hydrogens (tertiary/aromatic N) is 2. The number of rotatable bonds is 3. The fourth-order valence-electron chi connectivity index (χ4n) is 4.24. The fourth-order valence-corrected chi connectivity index (χ4v) is 6.19. The Morgan fingerprint density at radius 3 is 2.11 bits per heavy atom. The zero-order valence-corrected chi connectivity index (χ0v) is 16.7. The zero-order chi connectivity index (χ0) is 19.3. The van der Waals surface area contributed by atoms with Crippen molar-refractivity contribution >= 4 is 21.6 Å². The lowest BCUT2D eigenvalue weighted by molar-refractivity contribution is 0.206. The summed E-state index contributed by atoms with van der Waals surface area (Å²) in [5, 5.41) is 0. The molecule has 0 aliphatic carbocycles. The maximum absolute atomic E-state index is 13.3. The number of fused-ring (bicyclic) bond motifs is 1. The van der Waals surface area contributed by atoms with Crippen molar-refractivity contribution in [2.75, 3.05) is 16.4 Å². The third-order valence-electron chi connectivity index (χ3n) is 5.44. The lowest BCUT2D eigenvalue weighted by Crippen LogP contribution is -2.37. The summed E-state index contributed by atoms with van der Waals surface area (Å²) in [4.78, 5) is 16.7. The van der Waals surface area contributed by atoms with E-state index in [0.29, 0.717) is 6.54 Å². The third-order valence-corrected chi connectivity index (χ3v) is 7.13. The van der Waals surface area contributed by atoms with Gasteiger partial charge in [0, 0.05) is 12.2 Å². The molecular weight excluding hydrogens is 360 g/mol. The largest absolute Gasteiger partial charge is 0.325 e. The number of urea groups is 1. The highest BCUT2D eigenvalue weighted by Gasteiger charge is 2.53. The molecule has 0 aromatic heterocycles. The van der Waals surface area contributed by atoms with Crippen molar-refractivity contribution in [3.63, 3.8) is 0 Å². The van der Waals surface area contributed by atoms with Crippen LogP contribution in [0.4, 0.5) is 10.5 Å². The quantitative estimate of drug-likeness (QED) is 0.764. The molecule has 2 unspecified atom stereocenters. The maximum atomic E-state index is 13.3. The monoisotopic (exact) mass is 384 g/mol. The summed E-state index contributed by atoms with van der Waals surface area (Å²) in [7, 11) is -3.16. The molecule has 2 aromatic rings. The molecule has 2 atom stereocenters. The summed E-state index contributed by atoms with van der Waals surface area (Å²) in [5.74, 6) is 0.0668. The van der Waals surface area contributed by atoms with E-state index in [1.54, 1.807) is 9.80 Å². The van der Waals surface area contributed by atoms with Crippen molar-refractivity contribution in [3.05, 3.63) is 64.7 Å². The number of amides is 2. The standard InChI is InChI=1S/C21H24N2O3S/c1-14-4-6-17(7-5-14)11-22-19-12-27(25,26)13-20(19)23(21(22)24)18-9-15(2)8-16(3)10-18/h4-10,19-20H,11-13H2,1-3H3. The highest BCUT2D eigenvalue weighted by atomic mass is 32.2. The first-order chi connectivity index (χ1) is 12.7. The molecule has 27 heavy (non-hydrogen) atoms. The van der Waals surface area contributed by atoms with Crippen molar-refractivity contribution < 1.29 is 13.2 Å². The van der Waals surface area contributed by atoms with Crippen molar-refractivity contribution in [1.82, 2.24) is 4.90 Å². The first-order valence-corrected chi connectivity index (χ1v) is 11.0. The zero-order valence-electron chi connectivity index (χ0n) is 15.8. The highest BCUT2D eigenvalue weighted by Crippen LogP contribution is 2.36. The molecule has 2 aliphatic heterocycles.